The number of rotatable bonds is 6. The summed E-state index contributed by atoms with van der Waals surface area (Å²) < 4.78 is 5.39. The van der Waals surface area contributed by atoms with E-state index in [9.17, 15) is 25.0 Å². The lowest BCUT2D eigenvalue weighted by Crippen LogP contribution is -2.25. The monoisotopic (exact) mass is 385 g/mol. The maximum absolute atomic E-state index is 12.6. The van der Waals surface area contributed by atoms with Gasteiger partial charge in [0.05, 0.1) is 33.5 Å². The third-order valence-electron chi connectivity index (χ3n) is 3.80. The number of amides is 1. The van der Waals surface area contributed by atoms with Crippen LogP contribution in [0, 0.1) is 20.2 Å². The molecule has 0 atom stereocenters. The molecule has 2 aromatic rings. The lowest BCUT2D eigenvalue weighted by molar-refractivity contribution is -0.419. The van der Waals surface area contributed by atoms with E-state index in [2.05, 4.69) is 16.0 Å². The van der Waals surface area contributed by atoms with E-state index in [0.717, 1.165) is 0 Å². The Morgan fingerprint density at radius 2 is 1.82 bits per heavy atom. The first-order valence-electron chi connectivity index (χ1n) is 8.15. The number of ether oxygens (including phenoxy) is 1. The number of fused-ring (bicyclic) bond motifs is 1. The summed E-state index contributed by atoms with van der Waals surface area (Å²) in [5, 5.41) is 30.2. The number of carbonyl (C=O) groups excluding carboxylic acids is 1. The van der Waals surface area contributed by atoms with Gasteiger partial charge in [0, 0.05) is 12.1 Å². The molecule has 28 heavy (non-hydrogen) atoms. The molecule has 3 N–H and O–H groups in total. The molecular weight excluding hydrogens is 370 g/mol. The highest BCUT2D eigenvalue weighted by Gasteiger charge is 2.33. The van der Waals surface area contributed by atoms with Gasteiger partial charge in [0.25, 0.3) is 5.69 Å². The van der Waals surface area contributed by atoms with Crippen molar-refractivity contribution in [3.63, 3.8) is 0 Å². The van der Waals surface area contributed by atoms with Gasteiger partial charge in [-0.3, -0.25) is 25.0 Å². The quantitative estimate of drug-likeness (QED) is 0.390. The minimum Gasteiger partial charge on any atom is -0.492 e. The molecule has 144 valence electrons. The van der Waals surface area contributed by atoms with E-state index >= 15 is 0 Å². The molecular formula is C17H15N5O6. The minimum atomic E-state index is -0.977. The van der Waals surface area contributed by atoms with E-state index in [1.54, 1.807) is 31.2 Å². The molecule has 2 aromatic carbocycles. The summed E-state index contributed by atoms with van der Waals surface area (Å²) in [5.41, 5.74) is -0.0498. The number of hydrogen-bond donors (Lipinski definition) is 3. The molecule has 1 aliphatic rings. The lowest BCUT2D eigenvalue weighted by Gasteiger charge is -2.11. The Labute approximate surface area is 158 Å². The second kappa shape index (κ2) is 7.61. The van der Waals surface area contributed by atoms with Crippen LogP contribution in [0.5, 0.6) is 5.75 Å². The van der Waals surface area contributed by atoms with Gasteiger partial charge in [-0.05, 0) is 25.1 Å². The Balaban J connectivity index is 1.91. The zero-order valence-electron chi connectivity index (χ0n) is 14.6. The first-order valence-corrected chi connectivity index (χ1v) is 8.15. The van der Waals surface area contributed by atoms with Crippen LogP contribution in [0.15, 0.2) is 54.0 Å². The van der Waals surface area contributed by atoms with Crippen LogP contribution in [0.1, 0.15) is 6.92 Å². The van der Waals surface area contributed by atoms with E-state index in [4.69, 9.17) is 4.74 Å². The number of nitro groups is 2. The molecule has 0 saturated heterocycles. The van der Waals surface area contributed by atoms with Gasteiger partial charge in [-0.2, -0.15) is 0 Å². The van der Waals surface area contributed by atoms with Gasteiger partial charge in [0.15, 0.2) is 5.82 Å². The van der Waals surface area contributed by atoms with Crippen molar-refractivity contribution in [3.05, 3.63) is 74.2 Å². The zero-order chi connectivity index (χ0) is 20.3. The van der Waals surface area contributed by atoms with Crippen LogP contribution in [0.2, 0.25) is 0 Å². The summed E-state index contributed by atoms with van der Waals surface area (Å²) >= 11 is 0. The Morgan fingerprint density at radius 3 is 2.50 bits per heavy atom. The van der Waals surface area contributed by atoms with Gasteiger partial charge in [0.1, 0.15) is 5.75 Å². The normalized spacial score (nSPS) is 13.6. The molecule has 11 heteroatoms. The van der Waals surface area contributed by atoms with Crippen LogP contribution in [-0.4, -0.2) is 22.4 Å². The molecule has 0 aromatic heterocycles. The van der Waals surface area contributed by atoms with Gasteiger partial charge >= 0.3 is 11.6 Å². The number of para-hydroxylation sites is 2. The summed E-state index contributed by atoms with van der Waals surface area (Å²) in [7, 11) is 0. The van der Waals surface area contributed by atoms with Crippen LogP contribution in [0.3, 0.4) is 0 Å². The fourth-order valence-corrected chi connectivity index (χ4v) is 2.60. The topological polar surface area (TPSA) is 149 Å². The van der Waals surface area contributed by atoms with Crippen molar-refractivity contribution in [1.82, 2.24) is 0 Å². The third-order valence-corrected chi connectivity index (χ3v) is 3.80. The predicted molar refractivity (Wildman–Crippen MR) is 101 cm³/mol. The van der Waals surface area contributed by atoms with Crippen molar-refractivity contribution in [2.75, 3.05) is 22.6 Å². The highest BCUT2D eigenvalue weighted by Crippen LogP contribution is 2.35. The summed E-state index contributed by atoms with van der Waals surface area (Å²) in [4.78, 5) is 33.5. The smallest absolute Gasteiger partial charge is 0.373 e. The van der Waals surface area contributed by atoms with Crippen LogP contribution in [0.25, 0.3) is 0 Å². The Morgan fingerprint density at radius 1 is 1.11 bits per heavy atom. The fraction of sp³-hybridized carbons (Fsp3) is 0.118. The van der Waals surface area contributed by atoms with Gasteiger partial charge in [-0.1, -0.05) is 12.1 Å². The molecule has 1 amide bonds. The van der Waals surface area contributed by atoms with Crippen LogP contribution < -0.4 is 20.7 Å². The Kier molecular flexibility index (Phi) is 5.07. The average Bonchev–Trinajstić information content (AvgIpc) is 3.05. The number of non-ortho nitro benzene ring substituents is 1. The van der Waals surface area contributed by atoms with Crippen LogP contribution >= 0.6 is 0 Å². The molecule has 1 aliphatic heterocycles. The van der Waals surface area contributed by atoms with E-state index in [-0.39, 0.29) is 22.9 Å². The standard InChI is InChI=1S/C17H15N5O6/c1-2-28-14-6-4-3-5-12(14)20-17(23)15(22(26)27)16-18-11-8-7-10(21(24)25)9-13(11)19-16/h3-9,18-19H,2H2,1H3,(H,20,23)/b16-15-. The van der Waals surface area contributed by atoms with Crippen LogP contribution in [0.4, 0.5) is 22.7 Å². The molecule has 1 heterocycles. The first kappa shape index (κ1) is 18.6. The molecule has 0 aliphatic carbocycles. The van der Waals surface area contributed by atoms with E-state index in [1.807, 2.05) is 0 Å². The average molecular weight is 385 g/mol. The highest BCUT2D eigenvalue weighted by atomic mass is 16.6. The van der Waals surface area contributed by atoms with Gasteiger partial charge in [0.2, 0.25) is 0 Å². The fourth-order valence-electron chi connectivity index (χ4n) is 2.60. The molecule has 11 nitrogen and oxygen atoms in total. The van der Waals surface area contributed by atoms with Crippen molar-refractivity contribution < 1.29 is 19.4 Å². The summed E-state index contributed by atoms with van der Waals surface area (Å²) in [6.45, 7) is 2.12. The predicted octanol–water partition coefficient (Wildman–Crippen LogP) is 2.92. The first-order chi connectivity index (χ1) is 13.4. The molecule has 3 rings (SSSR count). The van der Waals surface area contributed by atoms with Crippen molar-refractivity contribution >= 4 is 28.7 Å². The number of nitrogens with zero attached hydrogens (tertiary/aromatic N) is 2. The SMILES string of the molecule is CCOc1ccccc1NC(=O)/C(=C1\Nc2ccc([N+](=O)[O-])cc2N1)[N+](=O)[O-]. The Hall–Kier alpha value is -4.15. The molecule has 0 fully saturated rings. The molecule has 0 bridgehead atoms. The number of nitro benzene ring substituents is 1. The van der Waals surface area contributed by atoms with Crippen molar-refractivity contribution in [2.24, 2.45) is 0 Å². The number of anilines is 3. The second-order valence-electron chi connectivity index (χ2n) is 5.60. The number of nitrogens with one attached hydrogen (secondary N) is 3. The summed E-state index contributed by atoms with van der Waals surface area (Å²) in [6.07, 6.45) is 0. The third kappa shape index (κ3) is 3.67. The minimum absolute atomic E-state index is 0.188. The number of hydrogen-bond acceptors (Lipinski definition) is 8. The second-order valence-corrected chi connectivity index (χ2v) is 5.60. The highest BCUT2D eigenvalue weighted by molar-refractivity contribution is 6.04. The van der Waals surface area contributed by atoms with E-state index in [1.165, 1.54) is 18.2 Å². The van der Waals surface area contributed by atoms with Gasteiger partial charge in [-0.15, -0.1) is 0 Å². The number of benzene rings is 2. The molecule has 0 radical (unpaired) electrons. The maximum atomic E-state index is 12.6. The van der Waals surface area contributed by atoms with Crippen molar-refractivity contribution in [1.29, 1.82) is 0 Å². The van der Waals surface area contributed by atoms with E-state index < -0.39 is 21.5 Å². The number of carbonyl (C=O) groups is 1. The van der Waals surface area contributed by atoms with Crippen LogP contribution in [-0.2, 0) is 4.79 Å². The molecule has 0 saturated carbocycles. The van der Waals surface area contributed by atoms with Gasteiger partial charge < -0.3 is 20.7 Å². The van der Waals surface area contributed by atoms with E-state index in [0.29, 0.717) is 18.0 Å². The molecule has 0 spiro atoms. The Bertz CT molecular complexity index is 1000. The largest absolute Gasteiger partial charge is 0.492 e. The van der Waals surface area contributed by atoms with Crippen molar-refractivity contribution in [2.45, 2.75) is 6.92 Å². The lowest BCUT2D eigenvalue weighted by atomic mass is 10.2. The maximum Gasteiger partial charge on any atom is 0.373 e. The zero-order valence-corrected chi connectivity index (χ0v) is 14.6. The van der Waals surface area contributed by atoms with Gasteiger partial charge in [-0.25, -0.2) is 0 Å². The summed E-state index contributed by atoms with van der Waals surface area (Å²) in [6, 6.07) is 10.4. The molecule has 0 unspecified atom stereocenters. The van der Waals surface area contributed by atoms with Crippen molar-refractivity contribution in [3.8, 4) is 5.75 Å². The summed E-state index contributed by atoms with van der Waals surface area (Å²) in [5.74, 6) is -0.793.